The smallest absolute Gasteiger partial charge is 0.0168 e. The topological polar surface area (TPSA) is 0 Å². The molecule has 1 rings (SSSR count). The average molecular weight is 136 g/mol. The Labute approximate surface area is 63.6 Å². The first kappa shape index (κ1) is 7.59. The molecule has 0 amide bonds. The Morgan fingerprint density at radius 3 is 2.80 bits per heavy atom. The minimum Gasteiger partial charge on any atom is -0.0988 e. The van der Waals surface area contributed by atoms with Crippen LogP contribution in [-0.2, 0) is 0 Å². The van der Waals surface area contributed by atoms with Crippen LogP contribution >= 0.6 is 0 Å². The van der Waals surface area contributed by atoms with E-state index in [1.165, 1.54) is 18.4 Å². The van der Waals surface area contributed by atoms with Gasteiger partial charge in [0.25, 0.3) is 0 Å². The highest BCUT2D eigenvalue weighted by molar-refractivity contribution is 5.21. The fraction of sp³-hybridized carbons (Fsp3) is 0.600. The van der Waals surface area contributed by atoms with Crippen LogP contribution in [0.3, 0.4) is 0 Å². The minimum atomic E-state index is 0.728. The van der Waals surface area contributed by atoms with Gasteiger partial charge in [-0.25, -0.2) is 0 Å². The zero-order valence-electron chi connectivity index (χ0n) is 6.93. The first-order valence-corrected chi connectivity index (χ1v) is 4.08. The Balaban J connectivity index is 2.71. The predicted octanol–water partition coefficient (Wildman–Crippen LogP) is 3.16. The van der Waals surface area contributed by atoms with Gasteiger partial charge in [-0.2, -0.15) is 0 Å². The molecule has 10 heavy (non-hydrogen) atoms. The van der Waals surface area contributed by atoms with Gasteiger partial charge in [-0.1, -0.05) is 32.6 Å². The maximum Gasteiger partial charge on any atom is -0.0168 e. The van der Waals surface area contributed by atoms with Gasteiger partial charge in [-0.3, -0.25) is 0 Å². The number of hydrogen-bond donors (Lipinski definition) is 0. The van der Waals surface area contributed by atoms with E-state index in [0.29, 0.717) is 0 Å². The summed E-state index contributed by atoms with van der Waals surface area (Å²) in [6.07, 6.45) is 6.91. The zero-order chi connectivity index (χ0) is 7.56. The molecule has 0 aliphatic heterocycles. The van der Waals surface area contributed by atoms with Crippen LogP contribution in [0.1, 0.15) is 26.7 Å². The first-order chi connectivity index (χ1) is 4.75. The molecule has 0 heteroatoms. The van der Waals surface area contributed by atoms with Crippen molar-refractivity contribution in [2.24, 2.45) is 11.8 Å². The van der Waals surface area contributed by atoms with Crippen LogP contribution in [0.5, 0.6) is 0 Å². The van der Waals surface area contributed by atoms with Crippen LogP contribution in [0.25, 0.3) is 0 Å². The molecule has 0 radical (unpaired) electrons. The van der Waals surface area contributed by atoms with Crippen molar-refractivity contribution >= 4 is 0 Å². The molecule has 0 saturated heterocycles. The Morgan fingerprint density at radius 1 is 1.60 bits per heavy atom. The Kier molecular flexibility index (Phi) is 2.31. The Hall–Kier alpha value is -0.520. The molecule has 0 aromatic carbocycles. The highest BCUT2D eigenvalue weighted by Gasteiger charge is 2.17. The van der Waals surface area contributed by atoms with Crippen LogP contribution in [0.2, 0.25) is 0 Å². The standard InChI is InChI=1S/C10H16/c1-4-10-7-5-6-8(2)9(10)3/h4,7-9H,1,5-6H2,2-3H3/t8-,9?/m0/s1. The second kappa shape index (κ2) is 3.05. The summed E-state index contributed by atoms with van der Waals surface area (Å²) >= 11 is 0. The molecule has 1 aliphatic carbocycles. The van der Waals surface area contributed by atoms with Gasteiger partial charge in [-0.05, 0) is 30.3 Å². The zero-order valence-corrected chi connectivity index (χ0v) is 6.93. The largest absolute Gasteiger partial charge is 0.0988 e. The van der Waals surface area contributed by atoms with Gasteiger partial charge < -0.3 is 0 Å². The highest BCUT2D eigenvalue weighted by Crippen LogP contribution is 2.29. The van der Waals surface area contributed by atoms with Crippen molar-refractivity contribution in [2.75, 3.05) is 0 Å². The summed E-state index contributed by atoms with van der Waals surface area (Å²) in [4.78, 5) is 0. The molecule has 2 atom stereocenters. The van der Waals surface area contributed by atoms with Crippen LogP contribution in [0.15, 0.2) is 24.3 Å². The normalized spacial score (nSPS) is 33.2. The monoisotopic (exact) mass is 136 g/mol. The van der Waals surface area contributed by atoms with Crippen LogP contribution in [0, 0.1) is 11.8 Å². The van der Waals surface area contributed by atoms with Crippen LogP contribution in [0.4, 0.5) is 0 Å². The average Bonchev–Trinajstić information content (AvgIpc) is 1.95. The van der Waals surface area contributed by atoms with E-state index in [4.69, 9.17) is 0 Å². The van der Waals surface area contributed by atoms with E-state index in [9.17, 15) is 0 Å². The molecule has 1 aliphatic rings. The van der Waals surface area contributed by atoms with Crippen molar-refractivity contribution in [3.63, 3.8) is 0 Å². The van der Waals surface area contributed by atoms with Crippen molar-refractivity contribution in [1.29, 1.82) is 0 Å². The molecule has 0 nitrogen and oxygen atoms in total. The lowest BCUT2D eigenvalue weighted by Gasteiger charge is -2.24. The summed E-state index contributed by atoms with van der Waals surface area (Å²) in [6, 6.07) is 0. The van der Waals surface area contributed by atoms with E-state index in [1.54, 1.807) is 0 Å². The molecule has 56 valence electrons. The van der Waals surface area contributed by atoms with Crippen molar-refractivity contribution < 1.29 is 0 Å². The summed E-state index contributed by atoms with van der Waals surface area (Å²) in [5, 5.41) is 0. The van der Waals surface area contributed by atoms with Crippen molar-refractivity contribution in [3.8, 4) is 0 Å². The van der Waals surface area contributed by atoms with Gasteiger partial charge in [0.2, 0.25) is 0 Å². The summed E-state index contributed by atoms with van der Waals surface area (Å²) in [5.41, 5.74) is 1.44. The minimum absolute atomic E-state index is 0.728. The molecule has 0 N–H and O–H groups in total. The molecule has 1 unspecified atom stereocenters. The van der Waals surface area contributed by atoms with Gasteiger partial charge in [0, 0.05) is 0 Å². The van der Waals surface area contributed by atoms with Crippen molar-refractivity contribution in [3.05, 3.63) is 24.3 Å². The number of allylic oxidation sites excluding steroid dienone is 3. The number of rotatable bonds is 1. The maximum atomic E-state index is 3.80. The van der Waals surface area contributed by atoms with E-state index in [1.807, 2.05) is 6.08 Å². The second-order valence-electron chi connectivity index (χ2n) is 3.25. The fourth-order valence-electron chi connectivity index (χ4n) is 1.55. The quantitative estimate of drug-likeness (QED) is 0.519. The first-order valence-electron chi connectivity index (χ1n) is 4.08. The maximum absolute atomic E-state index is 3.80. The SMILES string of the molecule is C=CC1=CCC[C@H](C)C1C. The second-order valence-corrected chi connectivity index (χ2v) is 3.25. The molecule has 0 heterocycles. The molecular weight excluding hydrogens is 120 g/mol. The fourth-order valence-corrected chi connectivity index (χ4v) is 1.55. The number of hydrogen-bond acceptors (Lipinski definition) is 0. The molecule has 0 aromatic heterocycles. The molecule has 0 bridgehead atoms. The van der Waals surface area contributed by atoms with Gasteiger partial charge >= 0.3 is 0 Å². The molecule has 0 fully saturated rings. The summed E-state index contributed by atoms with van der Waals surface area (Å²) in [5.74, 6) is 1.57. The van der Waals surface area contributed by atoms with Crippen LogP contribution in [-0.4, -0.2) is 0 Å². The van der Waals surface area contributed by atoms with E-state index >= 15 is 0 Å². The third-order valence-electron chi connectivity index (χ3n) is 2.62. The summed E-state index contributed by atoms with van der Waals surface area (Å²) < 4.78 is 0. The van der Waals surface area contributed by atoms with E-state index in [2.05, 4.69) is 26.5 Å². The van der Waals surface area contributed by atoms with Gasteiger partial charge in [0.15, 0.2) is 0 Å². The molecule has 0 aromatic rings. The Morgan fingerprint density at radius 2 is 2.30 bits per heavy atom. The van der Waals surface area contributed by atoms with Gasteiger partial charge in [0.05, 0.1) is 0 Å². The summed E-state index contributed by atoms with van der Waals surface area (Å²) in [7, 11) is 0. The molecule has 0 spiro atoms. The highest BCUT2D eigenvalue weighted by atomic mass is 14.2. The summed E-state index contributed by atoms with van der Waals surface area (Å²) in [6.45, 7) is 8.41. The van der Waals surface area contributed by atoms with E-state index in [0.717, 1.165) is 11.8 Å². The van der Waals surface area contributed by atoms with Gasteiger partial charge in [-0.15, -0.1) is 0 Å². The van der Waals surface area contributed by atoms with E-state index < -0.39 is 0 Å². The Bertz CT molecular complexity index is 153. The third-order valence-corrected chi connectivity index (χ3v) is 2.62. The lowest BCUT2D eigenvalue weighted by molar-refractivity contribution is 0.399. The lowest BCUT2D eigenvalue weighted by Crippen LogP contribution is -2.13. The van der Waals surface area contributed by atoms with Crippen molar-refractivity contribution in [1.82, 2.24) is 0 Å². The van der Waals surface area contributed by atoms with Crippen molar-refractivity contribution in [2.45, 2.75) is 26.7 Å². The molecule has 0 saturated carbocycles. The molecular formula is C10H16. The van der Waals surface area contributed by atoms with E-state index in [-0.39, 0.29) is 0 Å². The van der Waals surface area contributed by atoms with Crippen LogP contribution < -0.4 is 0 Å². The predicted molar refractivity (Wildman–Crippen MR) is 45.8 cm³/mol. The lowest BCUT2D eigenvalue weighted by atomic mass is 9.81. The van der Waals surface area contributed by atoms with Gasteiger partial charge in [0.1, 0.15) is 0 Å². The third kappa shape index (κ3) is 1.31.